The van der Waals surface area contributed by atoms with E-state index in [0.717, 1.165) is 0 Å². The van der Waals surface area contributed by atoms with Crippen LogP contribution in [0.15, 0.2) is 11.8 Å². The van der Waals surface area contributed by atoms with Crippen LogP contribution in [0.2, 0.25) is 0 Å². The van der Waals surface area contributed by atoms with E-state index in [0.29, 0.717) is 11.8 Å². The molecule has 0 fully saturated rings. The first-order chi connectivity index (χ1) is 5.16. The lowest BCUT2D eigenvalue weighted by molar-refractivity contribution is 0.00895. The molecule has 1 rings (SSSR count). The Bertz CT molecular complexity index is 163. The van der Waals surface area contributed by atoms with Crippen LogP contribution in [0.3, 0.4) is 0 Å². The number of allylic oxidation sites excluding steroid dienone is 1. The van der Waals surface area contributed by atoms with Crippen LogP contribution in [0.4, 0.5) is 0 Å². The van der Waals surface area contributed by atoms with Gasteiger partial charge in [0, 0.05) is 5.92 Å². The summed E-state index contributed by atoms with van der Waals surface area (Å²) in [7, 11) is 0. The molecule has 0 aromatic rings. The van der Waals surface area contributed by atoms with Crippen molar-refractivity contribution in [3.63, 3.8) is 0 Å². The third-order valence-corrected chi connectivity index (χ3v) is 2.70. The molecule has 3 atom stereocenters. The zero-order valence-corrected chi connectivity index (χ0v) is 7.37. The molecule has 1 N–H and O–H groups in total. The first-order valence-electron chi connectivity index (χ1n) is 4.09. The van der Waals surface area contributed by atoms with E-state index in [4.69, 9.17) is 9.84 Å². The van der Waals surface area contributed by atoms with Crippen LogP contribution in [-0.2, 0) is 4.74 Å². The van der Waals surface area contributed by atoms with Crippen molar-refractivity contribution in [3.05, 3.63) is 11.8 Å². The SMILES string of the molecule is CC1=COC(CO)C(C)C1C. The summed E-state index contributed by atoms with van der Waals surface area (Å²) >= 11 is 0. The lowest BCUT2D eigenvalue weighted by Gasteiger charge is -2.32. The minimum absolute atomic E-state index is 0.00583. The average molecular weight is 156 g/mol. The number of aliphatic hydroxyl groups is 1. The Kier molecular flexibility index (Phi) is 2.55. The first kappa shape index (κ1) is 8.60. The number of hydrogen-bond acceptors (Lipinski definition) is 2. The Morgan fingerprint density at radius 2 is 2.18 bits per heavy atom. The summed E-state index contributed by atoms with van der Waals surface area (Å²) in [5.41, 5.74) is 1.27. The first-order valence-corrected chi connectivity index (χ1v) is 4.09. The van der Waals surface area contributed by atoms with Gasteiger partial charge in [0.15, 0.2) is 0 Å². The fourth-order valence-electron chi connectivity index (χ4n) is 1.37. The highest BCUT2D eigenvalue weighted by atomic mass is 16.5. The molecule has 1 aliphatic heterocycles. The number of hydrogen-bond donors (Lipinski definition) is 1. The predicted molar refractivity (Wildman–Crippen MR) is 44.0 cm³/mol. The van der Waals surface area contributed by atoms with Crippen LogP contribution in [0.1, 0.15) is 20.8 Å². The second kappa shape index (κ2) is 3.26. The highest BCUT2D eigenvalue weighted by Gasteiger charge is 2.27. The largest absolute Gasteiger partial charge is 0.495 e. The average Bonchev–Trinajstić information content (AvgIpc) is 2.01. The Hall–Kier alpha value is -0.500. The van der Waals surface area contributed by atoms with Crippen molar-refractivity contribution < 1.29 is 9.84 Å². The van der Waals surface area contributed by atoms with Crippen molar-refractivity contribution in [2.24, 2.45) is 11.8 Å². The molecule has 0 aromatic heterocycles. The molecule has 0 spiro atoms. The van der Waals surface area contributed by atoms with Gasteiger partial charge in [0.05, 0.1) is 12.9 Å². The topological polar surface area (TPSA) is 29.5 Å². The van der Waals surface area contributed by atoms with Gasteiger partial charge in [-0.3, -0.25) is 0 Å². The minimum Gasteiger partial charge on any atom is -0.495 e. The monoisotopic (exact) mass is 156 g/mol. The van der Waals surface area contributed by atoms with E-state index in [1.165, 1.54) is 5.57 Å². The molecule has 0 saturated carbocycles. The highest BCUT2D eigenvalue weighted by molar-refractivity contribution is 5.04. The fourth-order valence-corrected chi connectivity index (χ4v) is 1.37. The van der Waals surface area contributed by atoms with Crippen LogP contribution in [0.25, 0.3) is 0 Å². The molecule has 0 radical (unpaired) electrons. The Balaban J connectivity index is 2.68. The quantitative estimate of drug-likeness (QED) is 0.624. The zero-order chi connectivity index (χ0) is 8.43. The second-order valence-electron chi connectivity index (χ2n) is 3.37. The maximum Gasteiger partial charge on any atom is 0.124 e. The molecule has 1 aliphatic rings. The van der Waals surface area contributed by atoms with Crippen molar-refractivity contribution in [3.8, 4) is 0 Å². The third-order valence-electron chi connectivity index (χ3n) is 2.70. The van der Waals surface area contributed by atoms with Gasteiger partial charge in [-0.05, 0) is 18.4 Å². The molecule has 0 aromatic carbocycles. The lowest BCUT2D eigenvalue weighted by Crippen LogP contribution is -2.32. The van der Waals surface area contributed by atoms with E-state index in [1.54, 1.807) is 6.26 Å². The minimum atomic E-state index is -0.00583. The molecule has 2 nitrogen and oxygen atoms in total. The number of aliphatic hydroxyl groups excluding tert-OH is 1. The molecular weight excluding hydrogens is 140 g/mol. The standard InChI is InChI=1S/C9H16O2/c1-6-5-11-9(4-10)8(3)7(6)2/h5,7-10H,4H2,1-3H3. The van der Waals surface area contributed by atoms with Gasteiger partial charge < -0.3 is 9.84 Å². The van der Waals surface area contributed by atoms with Crippen molar-refractivity contribution in [2.75, 3.05) is 6.61 Å². The van der Waals surface area contributed by atoms with E-state index in [2.05, 4.69) is 20.8 Å². The molecule has 64 valence electrons. The van der Waals surface area contributed by atoms with Crippen LogP contribution in [-0.4, -0.2) is 17.8 Å². The van der Waals surface area contributed by atoms with Gasteiger partial charge in [0.2, 0.25) is 0 Å². The maximum absolute atomic E-state index is 8.91. The molecular formula is C9H16O2. The van der Waals surface area contributed by atoms with E-state index >= 15 is 0 Å². The van der Waals surface area contributed by atoms with Crippen LogP contribution >= 0.6 is 0 Å². The van der Waals surface area contributed by atoms with Gasteiger partial charge in [-0.15, -0.1) is 0 Å². The van der Waals surface area contributed by atoms with E-state index in [9.17, 15) is 0 Å². The van der Waals surface area contributed by atoms with Crippen LogP contribution in [0.5, 0.6) is 0 Å². The maximum atomic E-state index is 8.91. The van der Waals surface area contributed by atoms with Gasteiger partial charge in [-0.1, -0.05) is 13.8 Å². The summed E-state index contributed by atoms with van der Waals surface area (Å²) in [6.07, 6.45) is 1.76. The van der Waals surface area contributed by atoms with E-state index < -0.39 is 0 Å². The smallest absolute Gasteiger partial charge is 0.124 e. The molecule has 0 bridgehead atoms. The van der Waals surface area contributed by atoms with E-state index in [1.807, 2.05) is 0 Å². The Morgan fingerprint density at radius 3 is 2.73 bits per heavy atom. The normalized spacial score (nSPS) is 37.8. The third kappa shape index (κ3) is 1.56. The Morgan fingerprint density at radius 1 is 1.55 bits per heavy atom. The predicted octanol–water partition coefficient (Wildman–Crippen LogP) is 1.55. The second-order valence-corrected chi connectivity index (χ2v) is 3.37. The summed E-state index contributed by atoms with van der Waals surface area (Å²) in [4.78, 5) is 0. The molecule has 2 heteroatoms. The fraction of sp³-hybridized carbons (Fsp3) is 0.778. The van der Waals surface area contributed by atoms with Gasteiger partial charge >= 0.3 is 0 Å². The van der Waals surface area contributed by atoms with Crippen LogP contribution < -0.4 is 0 Å². The number of ether oxygens (including phenoxy) is 1. The lowest BCUT2D eigenvalue weighted by atomic mass is 9.85. The summed E-state index contributed by atoms with van der Waals surface area (Å²) in [6.45, 7) is 6.47. The molecule has 3 unspecified atom stereocenters. The molecule has 0 saturated heterocycles. The summed E-state index contributed by atoms with van der Waals surface area (Å²) < 4.78 is 5.31. The van der Waals surface area contributed by atoms with Gasteiger partial charge in [-0.2, -0.15) is 0 Å². The Labute approximate surface area is 67.9 Å². The van der Waals surface area contributed by atoms with Crippen molar-refractivity contribution >= 4 is 0 Å². The summed E-state index contributed by atoms with van der Waals surface area (Å²) in [6, 6.07) is 0. The summed E-state index contributed by atoms with van der Waals surface area (Å²) in [5, 5.41) is 8.91. The van der Waals surface area contributed by atoms with Crippen LogP contribution in [0, 0.1) is 11.8 Å². The van der Waals surface area contributed by atoms with Crippen molar-refractivity contribution in [1.29, 1.82) is 0 Å². The molecule has 0 amide bonds. The van der Waals surface area contributed by atoms with Gasteiger partial charge in [-0.25, -0.2) is 0 Å². The molecule has 0 aliphatic carbocycles. The van der Waals surface area contributed by atoms with Crippen molar-refractivity contribution in [1.82, 2.24) is 0 Å². The zero-order valence-electron chi connectivity index (χ0n) is 7.37. The summed E-state index contributed by atoms with van der Waals surface area (Å²) in [5.74, 6) is 0.950. The molecule has 1 heterocycles. The highest BCUT2D eigenvalue weighted by Crippen LogP contribution is 2.28. The van der Waals surface area contributed by atoms with Gasteiger partial charge in [0.25, 0.3) is 0 Å². The number of rotatable bonds is 1. The molecule has 11 heavy (non-hydrogen) atoms. The van der Waals surface area contributed by atoms with E-state index in [-0.39, 0.29) is 12.7 Å². The van der Waals surface area contributed by atoms with Crippen molar-refractivity contribution in [2.45, 2.75) is 26.9 Å². The van der Waals surface area contributed by atoms with Gasteiger partial charge in [0.1, 0.15) is 6.10 Å².